The highest BCUT2D eigenvalue weighted by Crippen LogP contribution is 2.33. The zero-order valence-electron chi connectivity index (χ0n) is 20.0. The summed E-state index contributed by atoms with van der Waals surface area (Å²) in [5.74, 6) is 0. The van der Waals surface area contributed by atoms with Crippen LogP contribution in [0.4, 0.5) is 11.4 Å². The SMILES string of the molecule is Cc1cc(C)c(-c2ccc(Nc3cc(-c4ccccc4)cc(-c4ccccc4)c3)cc2)c(C)c1. The molecule has 34 heavy (non-hydrogen) atoms. The Morgan fingerprint density at radius 3 is 1.41 bits per heavy atom. The molecule has 0 unspecified atom stereocenters. The maximum Gasteiger partial charge on any atom is 0.0396 e. The zero-order chi connectivity index (χ0) is 23.5. The monoisotopic (exact) mass is 439 g/mol. The molecule has 0 saturated heterocycles. The number of anilines is 2. The molecular formula is C33H29N. The zero-order valence-corrected chi connectivity index (χ0v) is 20.0. The van der Waals surface area contributed by atoms with Gasteiger partial charge in [-0.2, -0.15) is 0 Å². The predicted octanol–water partition coefficient (Wildman–Crippen LogP) is 9.36. The van der Waals surface area contributed by atoms with Crippen LogP contribution in [0.1, 0.15) is 16.7 Å². The lowest BCUT2D eigenvalue weighted by molar-refractivity contribution is 1.32. The van der Waals surface area contributed by atoms with Gasteiger partial charge in [0.1, 0.15) is 0 Å². The quantitative estimate of drug-likeness (QED) is 0.288. The number of benzene rings is 5. The van der Waals surface area contributed by atoms with Gasteiger partial charge in [0, 0.05) is 11.4 Å². The first kappa shape index (κ1) is 21.7. The summed E-state index contributed by atoms with van der Waals surface area (Å²) in [5, 5.41) is 3.64. The van der Waals surface area contributed by atoms with Crippen molar-refractivity contribution in [1.82, 2.24) is 0 Å². The summed E-state index contributed by atoms with van der Waals surface area (Å²) >= 11 is 0. The molecule has 166 valence electrons. The average molecular weight is 440 g/mol. The maximum absolute atomic E-state index is 3.64. The van der Waals surface area contributed by atoms with E-state index in [2.05, 4.69) is 141 Å². The van der Waals surface area contributed by atoms with Gasteiger partial charge >= 0.3 is 0 Å². The van der Waals surface area contributed by atoms with Gasteiger partial charge in [-0.05, 0) is 95.6 Å². The Morgan fingerprint density at radius 2 is 0.912 bits per heavy atom. The lowest BCUT2D eigenvalue weighted by Gasteiger charge is -2.14. The van der Waals surface area contributed by atoms with Crippen molar-refractivity contribution < 1.29 is 0 Å². The van der Waals surface area contributed by atoms with Gasteiger partial charge in [-0.1, -0.05) is 90.5 Å². The van der Waals surface area contributed by atoms with Gasteiger partial charge in [0.05, 0.1) is 0 Å². The van der Waals surface area contributed by atoms with Crippen LogP contribution in [0, 0.1) is 20.8 Å². The third kappa shape index (κ3) is 4.65. The van der Waals surface area contributed by atoms with Crippen molar-refractivity contribution in [3.8, 4) is 33.4 Å². The number of aryl methyl sites for hydroxylation is 3. The lowest BCUT2D eigenvalue weighted by Crippen LogP contribution is -1.94. The van der Waals surface area contributed by atoms with E-state index in [-0.39, 0.29) is 0 Å². The van der Waals surface area contributed by atoms with E-state index in [0.717, 1.165) is 11.4 Å². The summed E-state index contributed by atoms with van der Waals surface area (Å²) in [4.78, 5) is 0. The van der Waals surface area contributed by atoms with Crippen molar-refractivity contribution in [2.45, 2.75) is 20.8 Å². The Bertz CT molecular complexity index is 1330. The van der Waals surface area contributed by atoms with Crippen LogP contribution in [0.5, 0.6) is 0 Å². The molecule has 5 aromatic carbocycles. The lowest BCUT2D eigenvalue weighted by atomic mass is 9.94. The van der Waals surface area contributed by atoms with E-state index in [4.69, 9.17) is 0 Å². The fourth-order valence-electron chi connectivity index (χ4n) is 4.82. The summed E-state index contributed by atoms with van der Waals surface area (Å²) in [6.07, 6.45) is 0. The molecule has 0 aliphatic carbocycles. The molecule has 0 spiro atoms. The molecule has 0 radical (unpaired) electrons. The fourth-order valence-corrected chi connectivity index (χ4v) is 4.82. The van der Waals surface area contributed by atoms with Crippen LogP contribution >= 0.6 is 0 Å². The van der Waals surface area contributed by atoms with E-state index in [1.165, 1.54) is 50.1 Å². The van der Waals surface area contributed by atoms with Crippen LogP contribution in [-0.2, 0) is 0 Å². The third-order valence-corrected chi connectivity index (χ3v) is 6.29. The van der Waals surface area contributed by atoms with Crippen LogP contribution in [0.3, 0.4) is 0 Å². The van der Waals surface area contributed by atoms with Crippen LogP contribution in [0.15, 0.2) is 115 Å². The molecule has 1 heteroatoms. The van der Waals surface area contributed by atoms with Crippen LogP contribution in [0.2, 0.25) is 0 Å². The van der Waals surface area contributed by atoms with Crippen LogP contribution < -0.4 is 5.32 Å². The van der Waals surface area contributed by atoms with Gasteiger partial charge in [0.2, 0.25) is 0 Å². The summed E-state index contributed by atoms with van der Waals surface area (Å²) in [6.45, 7) is 6.55. The second-order valence-corrected chi connectivity index (χ2v) is 9.01. The van der Waals surface area contributed by atoms with Crippen LogP contribution in [0.25, 0.3) is 33.4 Å². The summed E-state index contributed by atoms with van der Waals surface area (Å²) in [7, 11) is 0. The van der Waals surface area contributed by atoms with E-state index < -0.39 is 0 Å². The minimum atomic E-state index is 1.08. The molecule has 1 N–H and O–H groups in total. The molecule has 0 saturated carbocycles. The average Bonchev–Trinajstić information content (AvgIpc) is 2.85. The van der Waals surface area contributed by atoms with Gasteiger partial charge in [-0.25, -0.2) is 0 Å². The first-order valence-electron chi connectivity index (χ1n) is 11.8. The molecule has 0 aliphatic rings. The fraction of sp³-hybridized carbons (Fsp3) is 0.0909. The Hall–Kier alpha value is -4.10. The normalized spacial score (nSPS) is 10.8. The van der Waals surface area contributed by atoms with E-state index in [1.807, 2.05) is 0 Å². The first-order valence-corrected chi connectivity index (χ1v) is 11.8. The molecule has 0 heterocycles. The largest absolute Gasteiger partial charge is 0.355 e. The van der Waals surface area contributed by atoms with Gasteiger partial charge in [-0.15, -0.1) is 0 Å². The van der Waals surface area contributed by atoms with Crippen molar-refractivity contribution >= 4 is 11.4 Å². The highest BCUT2D eigenvalue weighted by atomic mass is 14.9. The molecule has 0 amide bonds. The minimum Gasteiger partial charge on any atom is -0.355 e. The Balaban J connectivity index is 1.49. The number of rotatable bonds is 5. The van der Waals surface area contributed by atoms with Crippen molar-refractivity contribution in [3.05, 3.63) is 132 Å². The van der Waals surface area contributed by atoms with Gasteiger partial charge in [0.15, 0.2) is 0 Å². The van der Waals surface area contributed by atoms with E-state index >= 15 is 0 Å². The van der Waals surface area contributed by atoms with E-state index in [9.17, 15) is 0 Å². The Kier molecular flexibility index (Phi) is 6.01. The Labute approximate surface area is 202 Å². The molecule has 0 atom stereocenters. The smallest absolute Gasteiger partial charge is 0.0396 e. The molecule has 0 bridgehead atoms. The van der Waals surface area contributed by atoms with Gasteiger partial charge in [0.25, 0.3) is 0 Å². The van der Waals surface area contributed by atoms with Crippen molar-refractivity contribution in [2.75, 3.05) is 5.32 Å². The van der Waals surface area contributed by atoms with Gasteiger partial charge < -0.3 is 5.32 Å². The van der Waals surface area contributed by atoms with Gasteiger partial charge in [-0.3, -0.25) is 0 Å². The third-order valence-electron chi connectivity index (χ3n) is 6.29. The first-order chi connectivity index (χ1) is 16.6. The predicted molar refractivity (Wildman–Crippen MR) is 147 cm³/mol. The highest BCUT2D eigenvalue weighted by Gasteiger charge is 2.09. The second-order valence-electron chi connectivity index (χ2n) is 9.01. The summed E-state index contributed by atoms with van der Waals surface area (Å²) in [5.41, 5.74) is 13.5. The molecule has 0 aliphatic heterocycles. The van der Waals surface area contributed by atoms with Crippen molar-refractivity contribution in [3.63, 3.8) is 0 Å². The molecule has 1 nitrogen and oxygen atoms in total. The highest BCUT2D eigenvalue weighted by molar-refractivity contribution is 5.80. The number of hydrogen-bond acceptors (Lipinski definition) is 1. The van der Waals surface area contributed by atoms with Crippen molar-refractivity contribution in [1.29, 1.82) is 0 Å². The molecule has 5 aromatic rings. The maximum atomic E-state index is 3.64. The second kappa shape index (κ2) is 9.41. The molecule has 5 rings (SSSR count). The summed E-state index contributed by atoms with van der Waals surface area (Å²) in [6, 6.07) is 41.1. The molecule has 0 aromatic heterocycles. The van der Waals surface area contributed by atoms with E-state index in [1.54, 1.807) is 0 Å². The number of nitrogens with one attached hydrogen (secondary N) is 1. The van der Waals surface area contributed by atoms with Crippen molar-refractivity contribution in [2.24, 2.45) is 0 Å². The minimum absolute atomic E-state index is 1.08. The Morgan fingerprint density at radius 1 is 0.412 bits per heavy atom. The molecular weight excluding hydrogens is 410 g/mol. The van der Waals surface area contributed by atoms with Crippen LogP contribution in [-0.4, -0.2) is 0 Å². The standard InChI is InChI=1S/C33H29N/c1-23-18-24(2)33(25(3)19-23)28-14-16-31(17-15-28)34-32-21-29(26-10-6-4-7-11-26)20-30(22-32)27-12-8-5-9-13-27/h4-22,34H,1-3H3. The van der Waals surface area contributed by atoms with E-state index in [0.29, 0.717) is 0 Å². The summed E-state index contributed by atoms with van der Waals surface area (Å²) < 4.78 is 0. The number of hydrogen-bond donors (Lipinski definition) is 1. The molecule has 0 fully saturated rings. The topological polar surface area (TPSA) is 12.0 Å².